The van der Waals surface area contributed by atoms with Crippen LogP contribution in [0.15, 0.2) is 12.7 Å². The largest absolute Gasteiger partial charge is 0.391 e. The first kappa shape index (κ1) is 12.1. The third kappa shape index (κ3) is 2.76. The Morgan fingerprint density at radius 1 is 1.57 bits per heavy atom. The van der Waals surface area contributed by atoms with Gasteiger partial charge in [-0.25, -0.2) is 0 Å². The van der Waals surface area contributed by atoms with Gasteiger partial charge in [0.2, 0.25) is 0 Å². The van der Waals surface area contributed by atoms with Crippen LogP contribution in [0.4, 0.5) is 0 Å². The summed E-state index contributed by atoms with van der Waals surface area (Å²) in [5.74, 6) is 0. The van der Waals surface area contributed by atoms with Gasteiger partial charge in [-0.3, -0.25) is 0 Å². The lowest BCUT2D eigenvalue weighted by atomic mass is 9.85. The minimum absolute atomic E-state index is 0.138. The summed E-state index contributed by atoms with van der Waals surface area (Å²) in [4.78, 5) is 0. The predicted molar refractivity (Wildman–Crippen MR) is 58.6 cm³/mol. The summed E-state index contributed by atoms with van der Waals surface area (Å²) in [6.45, 7) is 3.59. The zero-order chi connectivity index (χ0) is 10.7. The van der Waals surface area contributed by atoms with Gasteiger partial charge >= 0.3 is 0 Å². The molecular formula is C9H15BO3S. The van der Waals surface area contributed by atoms with Crippen LogP contribution in [0, 0.1) is 0 Å². The molecule has 4 unspecified atom stereocenters. The van der Waals surface area contributed by atoms with Crippen LogP contribution in [0.25, 0.3) is 0 Å². The fourth-order valence-electron chi connectivity index (χ4n) is 1.53. The first-order valence-electron chi connectivity index (χ1n) is 4.62. The van der Waals surface area contributed by atoms with E-state index in [9.17, 15) is 10.2 Å². The minimum Gasteiger partial charge on any atom is -0.391 e. The van der Waals surface area contributed by atoms with E-state index >= 15 is 0 Å². The van der Waals surface area contributed by atoms with Crippen molar-refractivity contribution < 1.29 is 14.9 Å². The number of hydrogen-bond donors (Lipinski definition) is 3. The molecule has 1 saturated heterocycles. The molecule has 3 nitrogen and oxygen atoms in total. The summed E-state index contributed by atoms with van der Waals surface area (Å²) in [5, 5.41) is 18.8. The minimum atomic E-state index is -0.800. The van der Waals surface area contributed by atoms with Gasteiger partial charge in [0.15, 0.2) is 0 Å². The van der Waals surface area contributed by atoms with Crippen molar-refractivity contribution in [2.24, 2.45) is 0 Å². The summed E-state index contributed by atoms with van der Waals surface area (Å²) in [6, 6.07) is -0.733. The summed E-state index contributed by atoms with van der Waals surface area (Å²) >= 11 is 4.29. The van der Waals surface area contributed by atoms with Crippen molar-refractivity contribution in [3.05, 3.63) is 12.7 Å². The Morgan fingerprint density at radius 2 is 2.21 bits per heavy atom. The molecule has 0 aromatic rings. The van der Waals surface area contributed by atoms with Crippen molar-refractivity contribution >= 4 is 20.5 Å². The van der Waals surface area contributed by atoms with E-state index in [1.54, 1.807) is 6.08 Å². The Hall–Kier alpha value is 0.0349. The van der Waals surface area contributed by atoms with Crippen LogP contribution in [0.1, 0.15) is 12.8 Å². The Labute approximate surface area is 91.0 Å². The summed E-state index contributed by atoms with van der Waals surface area (Å²) < 4.78 is 5.28. The molecule has 0 bridgehead atoms. The van der Waals surface area contributed by atoms with Crippen LogP contribution in [0.3, 0.4) is 0 Å². The molecule has 1 aliphatic heterocycles. The predicted octanol–water partition coefficient (Wildman–Crippen LogP) is -0.134. The number of hydrogen-bond acceptors (Lipinski definition) is 4. The monoisotopic (exact) mass is 214 g/mol. The highest BCUT2D eigenvalue weighted by Crippen LogP contribution is 2.25. The highest BCUT2D eigenvalue weighted by Gasteiger charge is 2.36. The molecule has 78 valence electrons. The maximum atomic E-state index is 9.63. The molecule has 14 heavy (non-hydrogen) atoms. The second-order valence-electron chi connectivity index (χ2n) is 3.53. The summed E-state index contributed by atoms with van der Waals surface area (Å²) in [6.07, 6.45) is 0.630. The van der Waals surface area contributed by atoms with Crippen LogP contribution in [0.2, 0.25) is 0 Å². The van der Waals surface area contributed by atoms with Gasteiger partial charge in [-0.2, -0.15) is 12.6 Å². The van der Waals surface area contributed by atoms with Crippen molar-refractivity contribution in [1.82, 2.24) is 0 Å². The zero-order valence-electron chi connectivity index (χ0n) is 7.91. The van der Waals surface area contributed by atoms with Crippen LogP contribution in [0.5, 0.6) is 0 Å². The lowest BCUT2D eigenvalue weighted by molar-refractivity contribution is -0.139. The summed E-state index contributed by atoms with van der Waals surface area (Å²) in [7, 11) is 5.52. The van der Waals surface area contributed by atoms with Crippen LogP contribution in [-0.4, -0.2) is 47.6 Å². The molecule has 0 aromatic carbocycles. The third-order valence-electron chi connectivity index (χ3n) is 2.34. The van der Waals surface area contributed by atoms with Gasteiger partial charge in [0.25, 0.3) is 0 Å². The molecule has 5 heteroatoms. The maximum absolute atomic E-state index is 9.63. The Morgan fingerprint density at radius 3 is 2.79 bits per heavy atom. The van der Waals surface area contributed by atoms with Gasteiger partial charge in [-0.1, -0.05) is 6.08 Å². The average molecular weight is 214 g/mol. The van der Waals surface area contributed by atoms with Crippen molar-refractivity contribution in [2.45, 2.75) is 42.4 Å². The first-order valence-corrected chi connectivity index (χ1v) is 5.14. The summed E-state index contributed by atoms with van der Waals surface area (Å²) in [5.41, 5.74) is 0. The second-order valence-corrected chi connectivity index (χ2v) is 4.19. The Bertz CT molecular complexity index is 202. The van der Waals surface area contributed by atoms with Gasteiger partial charge in [0.05, 0.1) is 18.3 Å². The van der Waals surface area contributed by atoms with E-state index in [0.717, 1.165) is 0 Å². The second kappa shape index (κ2) is 5.21. The average Bonchev–Trinajstić information content (AvgIpc) is 2.11. The molecule has 0 saturated carbocycles. The fraction of sp³-hybridized carbons (Fsp3) is 0.778. The molecule has 1 rings (SSSR count). The van der Waals surface area contributed by atoms with E-state index in [1.165, 1.54) is 0 Å². The molecule has 2 N–H and O–H groups in total. The highest BCUT2D eigenvalue weighted by atomic mass is 32.1. The van der Waals surface area contributed by atoms with Gasteiger partial charge in [0.1, 0.15) is 7.85 Å². The van der Waals surface area contributed by atoms with E-state index in [0.29, 0.717) is 6.42 Å². The smallest absolute Gasteiger partial charge is 0.112 e. The Balaban J connectivity index is 2.56. The van der Waals surface area contributed by atoms with Gasteiger partial charge in [-0.15, -0.1) is 6.58 Å². The number of aliphatic hydroxyl groups excluding tert-OH is 2. The molecule has 0 spiro atoms. The molecule has 0 aliphatic carbocycles. The molecule has 0 aromatic heterocycles. The highest BCUT2D eigenvalue weighted by molar-refractivity contribution is 7.81. The van der Waals surface area contributed by atoms with E-state index in [2.05, 4.69) is 19.2 Å². The fourth-order valence-corrected chi connectivity index (χ4v) is 1.95. The molecule has 1 heterocycles. The van der Waals surface area contributed by atoms with E-state index in [1.807, 2.05) is 0 Å². The molecule has 0 amide bonds. The van der Waals surface area contributed by atoms with Crippen LogP contribution >= 0.6 is 12.6 Å². The molecule has 1 fully saturated rings. The maximum Gasteiger partial charge on any atom is 0.112 e. The lowest BCUT2D eigenvalue weighted by Gasteiger charge is -2.38. The van der Waals surface area contributed by atoms with E-state index in [-0.39, 0.29) is 11.7 Å². The number of rotatable bonds is 3. The van der Waals surface area contributed by atoms with Crippen molar-refractivity contribution in [3.8, 4) is 0 Å². The SMILES string of the molecule is [B]C1OC(C(S)CC=C)[C@@H](O)CC1O. The molecular weight excluding hydrogens is 199 g/mol. The molecule has 5 atom stereocenters. The van der Waals surface area contributed by atoms with E-state index < -0.39 is 24.3 Å². The normalized spacial score (nSPS) is 40.5. The van der Waals surface area contributed by atoms with Crippen LogP contribution < -0.4 is 0 Å². The standard InChI is InChI=1S/C9H15BO3S/c1-2-3-7(14)8-5(11)4-6(12)9(10)13-8/h2,5-9,11-12,14H,1,3-4H2/t5-,6?,7?,8?,9?/m0/s1. The zero-order valence-corrected chi connectivity index (χ0v) is 8.81. The molecule has 1 aliphatic rings. The number of aliphatic hydroxyl groups is 2. The number of allylic oxidation sites excluding steroid dienone is 1. The first-order chi connectivity index (χ1) is 6.56. The molecule has 2 radical (unpaired) electrons. The topological polar surface area (TPSA) is 49.7 Å². The Kier molecular flexibility index (Phi) is 4.51. The van der Waals surface area contributed by atoms with Crippen molar-refractivity contribution in [1.29, 1.82) is 0 Å². The lowest BCUT2D eigenvalue weighted by Crippen LogP contribution is -2.50. The van der Waals surface area contributed by atoms with Gasteiger partial charge in [-0.05, 0) is 6.42 Å². The van der Waals surface area contributed by atoms with Gasteiger partial charge in [0, 0.05) is 17.7 Å². The van der Waals surface area contributed by atoms with Crippen molar-refractivity contribution in [2.75, 3.05) is 0 Å². The number of ether oxygens (including phenoxy) is 1. The van der Waals surface area contributed by atoms with E-state index in [4.69, 9.17) is 12.6 Å². The van der Waals surface area contributed by atoms with Gasteiger partial charge < -0.3 is 14.9 Å². The quantitative estimate of drug-likeness (QED) is 0.348. The number of thiol groups is 1. The van der Waals surface area contributed by atoms with Crippen molar-refractivity contribution in [3.63, 3.8) is 0 Å². The third-order valence-corrected chi connectivity index (χ3v) is 2.85. The van der Waals surface area contributed by atoms with Crippen LogP contribution in [-0.2, 0) is 4.74 Å².